The molecule has 0 spiro atoms. The maximum Gasteiger partial charge on any atom is 0.246 e. The molecule has 2 heterocycles. The molecule has 0 unspecified atom stereocenters. The van der Waals surface area contributed by atoms with Crippen LogP contribution in [0.4, 0.5) is 0 Å². The van der Waals surface area contributed by atoms with Gasteiger partial charge in [0.2, 0.25) is 15.9 Å². The standard InChI is InChI=1S/C14H23N5O3S/c1-6-8-13-15-12(17-22-13)9-19-11(4)14(10(3)16-19)23(20,21)18(5)7-2/h6-9H2,1-5H3. The third-order valence-corrected chi connectivity index (χ3v) is 5.88. The SMILES string of the molecule is CCCc1nc(Cn2nc(C)c(S(=O)(=O)N(C)CC)c2C)no1. The molecule has 0 bridgehead atoms. The fourth-order valence-corrected chi connectivity index (χ4v) is 3.88. The van der Waals surface area contributed by atoms with Gasteiger partial charge in [-0.15, -0.1) is 0 Å². The van der Waals surface area contributed by atoms with Gasteiger partial charge >= 0.3 is 0 Å². The second kappa shape index (κ2) is 6.79. The predicted molar refractivity (Wildman–Crippen MR) is 84.6 cm³/mol. The van der Waals surface area contributed by atoms with Crippen LogP contribution in [-0.4, -0.2) is 46.2 Å². The van der Waals surface area contributed by atoms with E-state index in [0.29, 0.717) is 29.6 Å². The van der Waals surface area contributed by atoms with E-state index in [2.05, 4.69) is 15.2 Å². The molecule has 2 aromatic rings. The summed E-state index contributed by atoms with van der Waals surface area (Å²) in [5, 5.41) is 8.25. The predicted octanol–water partition coefficient (Wildman–Crippen LogP) is 1.52. The van der Waals surface area contributed by atoms with E-state index < -0.39 is 10.0 Å². The van der Waals surface area contributed by atoms with Crippen LogP contribution in [0.1, 0.15) is 43.4 Å². The van der Waals surface area contributed by atoms with Crippen molar-refractivity contribution in [2.45, 2.75) is 52.0 Å². The summed E-state index contributed by atoms with van der Waals surface area (Å²) in [5.74, 6) is 1.08. The minimum Gasteiger partial charge on any atom is -0.339 e. The smallest absolute Gasteiger partial charge is 0.246 e. The van der Waals surface area contributed by atoms with Crippen LogP contribution in [0.3, 0.4) is 0 Å². The fourth-order valence-electron chi connectivity index (χ4n) is 2.34. The highest BCUT2D eigenvalue weighted by Crippen LogP contribution is 2.23. The molecule has 0 aromatic carbocycles. The van der Waals surface area contributed by atoms with E-state index in [1.807, 2.05) is 6.92 Å². The third kappa shape index (κ3) is 3.45. The van der Waals surface area contributed by atoms with Crippen molar-refractivity contribution in [3.05, 3.63) is 23.1 Å². The largest absolute Gasteiger partial charge is 0.339 e. The normalized spacial score (nSPS) is 12.3. The Kier molecular flexibility index (Phi) is 5.20. The number of hydrogen-bond acceptors (Lipinski definition) is 6. The molecule has 2 aromatic heterocycles. The van der Waals surface area contributed by atoms with E-state index in [4.69, 9.17) is 4.52 Å². The van der Waals surface area contributed by atoms with Gasteiger partial charge in [0, 0.05) is 20.0 Å². The van der Waals surface area contributed by atoms with Crippen molar-refractivity contribution in [2.75, 3.05) is 13.6 Å². The number of sulfonamides is 1. The Hall–Kier alpha value is -1.74. The summed E-state index contributed by atoms with van der Waals surface area (Å²) in [6.45, 7) is 7.94. The van der Waals surface area contributed by atoms with Crippen LogP contribution < -0.4 is 0 Å². The van der Waals surface area contributed by atoms with Crippen LogP contribution in [0, 0.1) is 13.8 Å². The number of aromatic nitrogens is 4. The molecule has 0 aliphatic rings. The summed E-state index contributed by atoms with van der Waals surface area (Å²) >= 11 is 0. The van der Waals surface area contributed by atoms with Crippen LogP contribution in [0.2, 0.25) is 0 Å². The Bertz CT molecular complexity index is 778. The van der Waals surface area contributed by atoms with Gasteiger partial charge in [-0.25, -0.2) is 12.7 Å². The Morgan fingerprint density at radius 1 is 1.26 bits per heavy atom. The zero-order valence-corrected chi connectivity index (χ0v) is 15.0. The van der Waals surface area contributed by atoms with Crippen molar-refractivity contribution >= 4 is 10.0 Å². The monoisotopic (exact) mass is 341 g/mol. The molecule has 0 radical (unpaired) electrons. The Balaban J connectivity index is 2.33. The van der Waals surface area contributed by atoms with Gasteiger partial charge in [-0.2, -0.15) is 10.1 Å². The Morgan fingerprint density at radius 3 is 2.57 bits per heavy atom. The third-order valence-electron chi connectivity index (χ3n) is 3.69. The molecule has 23 heavy (non-hydrogen) atoms. The van der Waals surface area contributed by atoms with Crippen molar-refractivity contribution in [1.29, 1.82) is 0 Å². The summed E-state index contributed by atoms with van der Waals surface area (Å²) in [5.41, 5.74) is 1.05. The first kappa shape index (κ1) is 17.6. The summed E-state index contributed by atoms with van der Waals surface area (Å²) in [7, 11) is -1.98. The van der Waals surface area contributed by atoms with E-state index in [-0.39, 0.29) is 11.4 Å². The molecule has 0 aliphatic carbocycles. The summed E-state index contributed by atoms with van der Waals surface area (Å²) in [6.07, 6.45) is 1.65. The quantitative estimate of drug-likeness (QED) is 0.758. The van der Waals surface area contributed by atoms with Crippen molar-refractivity contribution in [3.8, 4) is 0 Å². The highest BCUT2D eigenvalue weighted by molar-refractivity contribution is 7.89. The summed E-state index contributed by atoms with van der Waals surface area (Å²) < 4.78 is 33.2. The second-order valence-electron chi connectivity index (χ2n) is 5.43. The van der Waals surface area contributed by atoms with E-state index in [1.165, 1.54) is 4.31 Å². The highest BCUT2D eigenvalue weighted by Gasteiger charge is 2.28. The molecule has 2 rings (SSSR count). The van der Waals surface area contributed by atoms with Gasteiger partial charge in [-0.05, 0) is 20.3 Å². The van der Waals surface area contributed by atoms with E-state index in [9.17, 15) is 8.42 Å². The zero-order chi connectivity index (χ0) is 17.2. The van der Waals surface area contributed by atoms with Crippen LogP contribution in [-0.2, 0) is 23.0 Å². The molecule has 8 nitrogen and oxygen atoms in total. The van der Waals surface area contributed by atoms with Gasteiger partial charge in [0.25, 0.3) is 0 Å². The lowest BCUT2D eigenvalue weighted by Gasteiger charge is -2.15. The first-order chi connectivity index (χ1) is 10.8. The van der Waals surface area contributed by atoms with Crippen molar-refractivity contribution in [3.63, 3.8) is 0 Å². The van der Waals surface area contributed by atoms with Gasteiger partial charge in [0.15, 0.2) is 5.82 Å². The molecular formula is C14H23N5O3S. The Labute approximate surface area is 136 Å². The molecule has 0 amide bonds. The van der Waals surface area contributed by atoms with Gasteiger partial charge < -0.3 is 4.52 Å². The highest BCUT2D eigenvalue weighted by atomic mass is 32.2. The van der Waals surface area contributed by atoms with Gasteiger partial charge in [0.05, 0.1) is 11.4 Å². The first-order valence-electron chi connectivity index (χ1n) is 7.63. The van der Waals surface area contributed by atoms with Crippen LogP contribution in [0.5, 0.6) is 0 Å². The lowest BCUT2D eigenvalue weighted by molar-refractivity contribution is 0.370. The number of aryl methyl sites for hydroxylation is 2. The van der Waals surface area contributed by atoms with Crippen molar-refractivity contribution in [1.82, 2.24) is 24.2 Å². The second-order valence-corrected chi connectivity index (χ2v) is 7.41. The molecule has 0 N–H and O–H groups in total. The minimum absolute atomic E-state index is 0.249. The van der Waals surface area contributed by atoms with E-state index >= 15 is 0 Å². The molecule has 0 saturated carbocycles. The van der Waals surface area contributed by atoms with Gasteiger partial charge in [0.1, 0.15) is 11.4 Å². The maximum atomic E-state index is 12.6. The van der Waals surface area contributed by atoms with Crippen molar-refractivity contribution < 1.29 is 12.9 Å². The van der Waals surface area contributed by atoms with Crippen molar-refractivity contribution in [2.24, 2.45) is 0 Å². The fraction of sp³-hybridized carbons (Fsp3) is 0.643. The molecule has 0 fully saturated rings. The molecular weight excluding hydrogens is 318 g/mol. The zero-order valence-electron chi connectivity index (χ0n) is 14.2. The number of rotatable bonds is 7. The van der Waals surface area contributed by atoms with Crippen LogP contribution in [0.25, 0.3) is 0 Å². The average Bonchev–Trinajstić information content (AvgIpc) is 3.04. The molecule has 0 atom stereocenters. The number of nitrogens with zero attached hydrogens (tertiary/aromatic N) is 5. The van der Waals surface area contributed by atoms with E-state index in [0.717, 1.165) is 12.8 Å². The van der Waals surface area contributed by atoms with Crippen LogP contribution in [0.15, 0.2) is 9.42 Å². The molecule has 0 saturated heterocycles. The topological polar surface area (TPSA) is 94.1 Å². The summed E-state index contributed by atoms with van der Waals surface area (Å²) in [4.78, 5) is 4.54. The molecule has 0 aliphatic heterocycles. The lowest BCUT2D eigenvalue weighted by atomic mass is 10.3. The van der Waals surface area contributed by atoms with Crippen LogP contribution >= 0.6 is 0 Å². The summed E-state index contributed by atoms with van der Waals surface area (Å²) in [6, 6.07) is 0. The Morgan fingerprint density at radius 2 is 1.96 bits per heavy atom. The average molecular weight is 341 g/mol. The minimum atomic E-state index is -3.54. The maximum absolute atomic E-state index is 12.6. The molecule has 9 heteroatoms. The molecule has 128 valence electrons. The lowest BCUT2D eigenvalue weighted by Crippen LogP contribution is -2.27. The van der Waals surface area contributed by atoms with Gasteiger partial charge in [-0.1, -0.05) is 19.0 Å². The number of hydrogen-bond donors (Lipinski definition) is 0. The van der Waals surface area contributed by atoms with E-state index in [1.54, 1.807) is 32.5 Å². The van der Waals surface area contributed by atoms with Gasteiger partial charge in [-0.3, -0.25) is 4.68 Å². The first-order valence-corrected chi connectivity index (χ1v) is 9.07.